The lowest BCUT2D eigenvalue weighted by molar-refractivity contribution is 0.190. The van der Waals surface area contributed by atoms with E-state index in [-0.39, 0.29) is 12.1 Å². The van der Waals surface area contributed by atoms with E-state index in [1.165, 1.54) is 11.1 Å². The van der Waals surface area contributed by atoms with Gasteiger partial charge in [0.05, 0.1) is 12.6 Å². The summed E-state index contributed by atoms with van der Waals surface area (Å²) in [4.78, 5) is 4.40. The predicted molar refractivity (Wildman–Crippen MR) is 82.2 cm³/mol. The van der Waals surface area contributed by atoms with Crippen LogP contribution < -0.4 is 5.32 Å². The van der Waals surface area contributed by atoms with Gasteiger partial charge in [-0.2, -0.15) is 0 Å². The molecule has 0 spiro atoms. The van der Waals surface area contributed by atoms with Gasteiger partial charge in [-0.1, -0.05) is 29.8 Å². The van der Waals surface area contributed by atoms with Crippen molar-refractivity contribution in [3.05, 3.63) is 47.8 Å². The lowest BCUT2D eigenvalue weighted by atomic mass is 10.1. The Labute approximate surface area is 120 Å². The lowest BCUT2D eigenvalue weighted by Crippen LogP contribution is -2.24. The fourth-order valence-corrected chi connectivity index (χ4v) is 2.25. The molecule has 0 radical (unpaired) electrons. The Kier molecular flexibility index (Phi) is 4.79. The van der Waals surface area contributed by atoms with Crippen molar-refractivity contribution >= 4 is 5.95 Å². The van der Waals surface area contributed by atoms with Crippen LogP contribution in [-0.4, -0.2) is 29.3 Å². The number of hydrogen-bond donors (Lipinski definition) is 1. The molecule has 1 heterocycles. The monoisotopic (exact) mass is 273 g/mol. The molecule has 0 saturated heterocycles. The summed E-state index contributed by atoms with van der Waals surface area (Å²) in [6, 6.07) is 9.10. The van der Waals surface area contributed by atoms with Crippen molar-refractivity contribution in [2.75, 3.05) is 19.0 Å². The topological polar surface area (TPSA) is 39.1 Å². The number of anilines is 1. The van der Waals surface area contributed by atoms with Gasteiger partial charge in [0.1, 0.15) is 0 Å². The zero-order valence-electron chi connectivity index (χ0n) is 12.6. The van der Waals surface area contributed by atoms with Gasteiger partial charge in [-0.05, 0) is 26.3 Å². The maximum absolute atomic E-state index is 5.15. The molecule has 1 aromatic carbocycles. The third kappa shape index (κ3) is 3.39. The van der Waals surface area contributed by atoms with Gasteiger partial charge >= 0.3 is 0 Å². The van der Waals surface area contributed by atoms with Crippen LogP contribution in [0.3, 0.4) is 0 Å². The van der Waals surface area contributed by atoms with Crippen LogP contribution in [0.4, 0.5) is 5.95 Å². The quantitative estimate of drug-likeness (QED) is 0.878. The van der Waals surface area contributed by atoms with E-state index in [9.17, 15) is 0 Å². The second-order valence-corrected chi connectivity index (χ2v) is 5.25. The normalized spacial score (nSPS) is 14.0. The fraction of sp³-hybridized carbons (Fsp3) is 0.438. The van der Waals surface area contributed by atoms with E-state index in [1.54, 1.807) is 7.11 Å². The number of imidazole rings is 1. The number of methoxy groups -OCH3 is 1. The molecule has 1 aromatic heterocycles. The van der Waals surface area contributed by atoms with E-state index in [0.29, 0.717) is 6.61 Å². The van der Waals surface area contributed by atoms with Crippen LogP contribution in [0, 0.1) is 6.92 Å². The molecular weight excluding hydrogens is 250 g/mol. The number of rotatable bonds is 6. The minimum absolute atomic E-state index is 0.228. The van der Waals surface area contributed by atoms with Crippen molar-refractivity contribution in [3.63, 3.8) is 0 Å². The Hall–Kier alpha value is -1.81. The maximum atomic E-state index is 5.15. The highest BCUT2D eigenvalue weighted by molar-refractivity contribution is 5.32. The average molecular weight is 273 g/mol. The largest absolute Gasteiger partial charge is 0.383 e. The van der Waals surface area contributed by atoms with Crippen molar-refractivity contribution in [3.8, 4) is 0 Å². The zero-order chi connectivity index (χ0) is 14.5. The first-order valence-corrected chi connectivity index (χ1v) is 6.96. The molecule has 0 amide bonds. The minimum Gasteiger partial charge on any atom is -0.383 e. The maximum Gasteiger partial charge on any atom is 0.203 e. The van der Waals surface area contributed by atoms with Gasteiger partial charge in [-0.15, -0.1) is 0 Å². The Morgan fingerprint density at radius 3 is 2.60 bits per heavy atom. The molecule has 20 heavy (non-hydrogen) atoms. The third-order valence-electron chi connectivity index (χ3n) is 3.44. The molecule has 0 aliphatic carbocycles. The SMILES string of the molecule is COCC(C)Nc1nccn1C(C)c1ccc(C)cc1. The summed E-state index contributed by atoms with van der Waals surface area (Å²) < 4.78 is 7.30. The van der Waals surface area contributed by atoms with Gasteiger partial charge < -0.3 is 14.6 Å². The third-order valence-corrected chi connectivity index (χ3v) is 3.44. The summed E-state index contributed by atoms with van der Waals surface area (Å²) >= 11 is 0. The fourth-order valence-electron chi connectivity index (χ4n) is 2.25. The van der Waals surface area contributed by atoms with E-state index in [1.807, 2.05) is 12.4 Å². The van der Waals surface area contributed by atoms with Crippen LogP contribution in [0.25, 0.3) is 0 Å². The van der Waals surface area contributed by atoms with Gasteiger partial charge in [-0.3, -0.25) is 0 Å². The first kappa shape index (κ1) is 14.6. The molecule has 0 fully saturated rings. The number of benzene rings is 1. The molecule has 2 aromatic rings. The summed E-state index contributed by atoms with van der Waals surface area (Å²) in [6.45, 7) is 7.02. The molecule has 4 heteroatoms. The molecule has 2 atom stereocenters. The first-order chi connectivity index (χ1) is 9.61. The summed E-state index contributed by atoms with van der Waals surface area (Å²) in [7, 11) is 1.71. The number of aromatic nitrogens is 2. The summed E-state index contributed by atoms with van der Waals surface area (Å²) in [5.41, 5.74) is 2.55. The van der Waals surface area contributed by atoms with Crippen LogP contribution in [0.15, 0.2) is 36.7 Å². The first-order valence-electron chi connectivity index (χ1n) is 6.96. The van der Waals surface area contributed by atoms with Gasteiger partial charge in [0.25, 0.3) is 0 Å². The smallest absolute Gasteiger partial charge is 0.203 e. The van der Waals surface area contributed by atoms with Crippen LogP contribution in [0.2, 0.25) is 0 Å². The second kappa shape index (κ2) is 6.57. The molecule has 2 rings (SSSR count). The van der Waals surface area contributed by atoms with E-state index in [0.717, 1.165) is 5.95 Å². The van der Waals surface area contributed by atoms with Gasteiger partial charge in [0.2, 0.25) is 5.95 Å². The number of hydrogen-bond acceptors (Lipinski definition) is 3. The Morgan fingerprint density at radius 2 is 1.95 bits per heavy atom. The lowest BCUT2D eigenvalue weighted by Gasteiger charge is -2.20. The standard InChI is InChI=1S/C16H23N3O/c1-12-5-7-15(8-6-12)14(3)19-10-9-17-16(19)18-13(2)11-20-4/h5-10,13-14H,11H2,1-4H3,(H,17,18). The molecule has 0 bridgehead atoms. The Morgan fingerprint density at radius 1 is 1.25 bits per heavy atom. The highest BCUT2D eigenvalue weighted by Gasteiger charge is 2.13. The molecule has 0 saturated carbocycles. The van der Waals surface area contributed by atoms with E-state index >= 15 is 0 Å². The molecular formula is C16H23N3O. The van der Waals surface area contributed by atoms with Crippen molar-refractivity contribution in [1.29, 1.82) is 0 Å². The molecule has 0 aliphatic rings. The van der Waals surface area contributed by atoms with Crippen LogP contribution in [0.1, 0.15) is 31.0 Å². The Balaban J connectivity index is 2.16. The summed E-state index contributed by atoms with van der Waals surface area (Å²) in [5, 5.41) is 3.38. The van der Waals surface area contributed by atoms with E-state index < -0.39 is 0 Å². The highest BCUT2D eigenvalue weighted by Crippen LogP contribution is 2.22. The molecule has 4 nitrogen and oxygen atoms in total. The zero-order valence-corrected chi connectivity index (χ0v) is 12.6. The summed E-state index contributed by atoms with van der Waals surface area (Å²) in [6.07, 6.45) is 3.83. The predicted octanol–water partition coefficient (Wildman–Crippen LogP) is 3.25. The van der Waals surface area contributed by atoms with Crippen molar-refractivity contribution in [2.45, 2.75) is 32.9 Å². The van der Waals surface area contributed by atoms with Crippen molar-refractivity contribution < 1.29 is 4.74 Å². The molecule has 108 valence electrons. The van der Waals surface area contributed by atoms with Gasteiger partial charge in [0.15, 0.2) is 0 Å². The Bertz CT molecular complexity index is 533. The van der Waals surface area contributed by atoms with E-state index in [2.05, 4.69) is 59.9 Å². The molecule has 2 unspecified atom stereocenters. The minimum atomic E-state index is 0.228. The number of ether oxygens (including phenoxy) is 1. The number of aryl methyl sites for hydroxylation is 1. The summed E-state index contributed by atoms with van der Waals surface area (Å²) in [5.74, 6) is 0.877. The average Bonchev–Trinajstić information content (AvgIpc) is 2.87. The van der Waals surface area contributed by atoms with E-state index in [4.69, 9.17) is 4.74 Å². The highest BCUT2D eigenvalue weighted by atomic mass is 16.5. The van der Waals surface area contributed by atoms with Gasteiger partial charge in [-0.25, -0.2) is 4.98 Å². The van der Waals surface area contributed by atoms with Crippen molar-refractivity contribution in [2.24, 2.45) is 0 Å². The number of nitrogens with one attached hydrogen (secondary N) is 1. The molecule has 1 N–H and O–H groups in total. The van der Waals surface area contributed by atoms with Crippen LogP contribution in [0.5, 0.6) is 0 Å². The van der Waals surface area contributed by atoms with Gasteiger partial charge in [0, 0.05) is 25.5 Å². The second-order valence-electron chi connectivity index (χ2n) is 5.25. The van der Waals surface area contributed by atoms with Crippen LogP contribution >= 0.6 is 0 Å². The van der Waals surface area contributed by atoms with Crippen LogP contribution in [-0.2, 0) is 4.74 Å². The molecule has 0 aliphatic heterocycles. The number of nitrogens with zero attached hydrogens (tertiary/aromatic N) is 2. The van der Waals surface area contributed by atoms with Crippen molar-refractivity contribution in [1.82, 2.24) is 9.55 Å².